The van der Waals surface area contributed by atoms with Crippen molar-refractivity contribution >= 4 is 22.6 Å². The van der Waals surface area contributed by atoms with Gasteiger partial charge in [0.2, 0.25) is 0 Å². The van der Waals surface area contributed by atoms with Gasteiger partial charge in [0.25, 0.3) is 0 Å². The summed E-state index contributed by atoms with van der Waals surface area (Å²) in [7, 11) is 1.62. The first-order chi connectivity index (χ1) is 12.1. The molecule has 0 atom stereocenters. The minimum atomic E-state index is -0.518. The lowest BCUT2D eigenvalue weighted by molar-refractivity contribution is 0.153. The van der Waals surface area contributed by atoms with E-state index in [0.717, 1.165) is 27.6 Å². The molecule has 1 N–H and O–H groups in total. The summed E-state index contributed by atoms with van der Waals surface area (Å²) < 4.78 is 10.7. The van der Waals surface area contributed by atoms with E-state index >= 15 is 0 Å². The largest absolute Gasteiger partial charge is 0.496 e. The Morgan fingerprint density at radius 1 is 1.12 bits per heavy atom. The Kier molecular flexibility index (Phi) is 4.84. The van der Waals surface area contributed by atoms with E-state index in [4.69, 9.17) is 9.47 Å². The number of fused-ring (bicyclic) bond motifs is 1. The topological polar surface area (TPSA) is 60.5 Å². The molecule has 3 aromatic rings. The van der Waals surface area contributed by atoms with Crippen LogP contribution in [0.1, 0.15) is 16.8 Å². The number of benzene rings is 2. The van der Waals surface area contributed by atoms with Crippen molar-refractivity contribution in [2.45, 2.75) is 20.5 Å². The van der Waals surface area contributed by atoms with Crippen LogP contribution >= 0.6 is 0 Å². The average Bonchev–Trinajstić information content (AvgIpc) is 2.61. The van der Waals surface area contributed by atoms with Gasteiger partial charge in [0.05, 0.1) is 12.8 Å². The molecular formula is C20H20N2O3. The van der Waals surface area contributed by atoms with E-state index in [-0.39, 0.29) is 6.61 Å². The Bertz CT molecular complexity index is 922. The fourth-order valence-corrected chi connectivity index (χ4v) is 2.77. The number of ether oxygens (including phenoxy) is 2. The van der Waals surface area contributed by atoms with Crippen molar-refractivity contribution in [2.24, 2.45) is 0 Å². The van der Waals surface area contributed by atoms with Gasteiger partial charge in [-0.05, 0) is 36.8 Å². The van der Waals surface area contributed by atoms with Gasteiger partial charge in [0, 0.05) is 23.0 Å². The average molecular weight is 336 g/mol. The van der Waals surface area contributed by atoms with Gasteiger partial charge in [-0.3, -0.25) is 10.3 Å². The number of aromatic nitrogens is 1. The molecule has 0 saturated heterocycles. The van der Waals surface area contributed by atoms with Crippen molar-refractivity contribution in [3.05, 3.63) is 65.5 Å². The molecule has 2 aromatic carbocycles. The summed E-state index contributed by atoms with van der Waals surface area (Å²) >= 11 is 0. The summed E-state index contributed by atoms with van der Waals surface area (Å²) in [5, 5.41) is 4.92. The summed E-state index contributed by atoms with van der Waals surface area (Å²) in [4.78, 5) is 16.4. The van der Waals surface area contributed by atoms with Crippen LogP contribution in [-0.4, -0.2) is 18.2 Å². The molecule has 0 spiro atoms. The number of nitrogens with zero attached hydrogens (tertiary/aromatic N) is 1. The summed E-state index contributed by atoms with van der Waals surface area (Å²) in [5.74, 6) is 0.767. The number of anilines is 1. The van der Waals surface area contributed by atoms with Crippen LogP contribution in [0, 0.1) is 13.8 Å². The number of aryl methyl sites for hydroxylation is 1. The highest BCUT2D eigenvalue weighted by molar-refractivity contribution is 5.91. The summed E-state index contributed by atoms with van der Waals surface area (Å²) in [6, 6.07) is 13.7. The van der Waals surface area contributed by atoms with Gasteiger partial charge in [0.1, 0.15) is 12.4 Å². The van der Waals surface area contributed by atoms with Crippen molar-refractivity contribution in [1.82, 2.24) is 4.98 Å². The predicted octanol–water partition coefficient (Wildman–Crippen LogP) is 4.61. The van der Waals surface area contributed by atoms with E-state index in [9.17, 15) is 4.79 Å². The molecule has 5 heteroatoms. The monoisotopic (exact) mass is 336 g/mol. The van der Waals surface area contributed by atoms with E-state index in [1.165, 1.54) is 0 Å². The van der Waals surface area contributed by atoms with Crippen LogP contribution in [0.2, 0.25) is 0 Å². The molecule has 0 bridgehead atoms. The fourth-order valence-electron chi connectivity index (χ4n) is 2.77. The molecule has 0 aliphatic heterocycles. The van der Waals surface area contributed by atoms with E-state index in [1.807, 2.05) is 56.3 Å². The number of carbonyl (C=O) groups excluding carboxylic acids is 1. The molecule has 0 radical (unpaired) electrons. The van der Waals surface area contributed by atoms with Gasteiger partial charge in [-0.2, -0.15) is 0 Å². The second-order valence-electron chi connectivity index (χ2n) is 5.81. The molecule has 1 amide bonds. The van der Waals surface area contributed by atoms with E-state index in [0.29, 0.717) is 11.4 Å². The number of hydrogen-bond acceptors (Lipinski definition) is 4. The zero-order valence-corrected chi connectivity index (χ0v) is 14.5. The number of rotatable bonds is 4. The molecule has 0 aliphatic carbocycles. The van der Waals surface area contributed by atoms with Crippen LogP contribution in [0.15, 0.2) is 48.7 Å². The first-order valence-electron chi connectivity index (χ1n) is 8.00. The lowest BCUT2D eigenvalue weighted by atomic mass is 10.1. The maximum atomic E-state index is 12.1. The van der Waals surface area contributed by atoms with Crippen LogP contribution in [-0.2, 0) is 11.3 Å². The zero-order valence-electron chi connectivity index (χ0n) is 14.5. The third-order valence-corrected chi connectivity index (χ3v) is 4.09. The Morgan fingerprint density at radius 2 is 1.88 bits per heavy atom. The normalized spacial score (nSPS) is 10.5. The number of hydrogen-bond donors (Lipinski definition) is 1. The number of pyridine rings is 1. The Labute approximate surface area is 146 Å². The number of nitrogens with one attached hydrogen (secondary N) is 1. The SMILES string of the molecule is COc1c(C)cnc(COC(=O)Nc2ccc3ccccc3c2)c1C. The highest BCUT2D eigenvalue weighted by Crippen LogP contribution is 2.24. The van der Waals surface area contributed by atoms with Crippen LogP contribution in [0.25, 0.3) is 10.8 Å². The van der Waals surface area contributed by atoms with E-state index in [2.05, 4.69) is 10.3 Å². The van der Waals surface area contributed by atoms with Gasteiger partial charge < -0.3 is 9.47 Å². The molecule has 0 aliphatic rings. The van der Waals surface area contributed by atoms with Gasteiger partial charge in [0.15, 0.2) is 0 Å². The predicted molar refractivity (Wildman–Crippen MR) is 98.0 cm³/mol. The molecule has 1 heterocycles. The molecule has 1 aromatic heterocycles. The maximum absolute atomic E-state index is 12.1. The van der Waals surface area contributed by atoms with Crippen LogP contribution < -0.4 is 10.1 Å². The smallest absolute Gasteiger partial charge is 0.412 e. The lowest BCUT2D eigenvalue weighted by Gasteiger charge is -2.13. The van der Waals surface area contributed by atoms with E-state index in [1.54, 1.807) is 13.3 Å². The standard InChI is InChI=1S/C20H20N2O3/c1-13-11-21-18(14(2)19(13)24-3)12-25-20(23)22-17-9-8-15-6-4-5-7-16(15)10-17/h4-11H,12H2,1-3H3,(H,22,23). The number of methoxy groups -OCH3 is 1. The molecule has 128 valence electrons. The van der Waals surface area contributed by atoms with Crippen LogP contribution in [0.4, 0.5) is 10.5 Å². The Balaban J connectivity index is 1.66. The zero-order chi connectivity index (χ0) is 17.8. The summed E-state index contributed by atoms with van der Waals surface area (Å²) in [6.07, 6.45) is 1.20. The van der Waals surface area contributed by atoms with E-state index < -0.39 is 6.09 Å². The quantitative estimate of drug-likeness (QED) is 0.756. The highest BCUT2D eigenvalue weighted by Gasteiger charge is 2.12. The third-order valence-electron chi connectivity index (χ3n) is 4.09. The fraction of sp³-hybridized carbons (Fsp3) is 0.200. The molecule has 25 heavy (non-hydrogen) atoms. The van der Waals surface area contributed by atoms with Crippen molar-refractivity contribution in [3.63, 3.8) is 0 Å². The Hall–Kier alpha value is -3.08. The van der Waals surface area contributed by atoms with Gasteiger partial charge in [-0.25, -0.2) is 4.79 Å². The first kappa shape index (κ1) is 16.8. The maximum Gasteiger partial charge on any atom is 0.412 e. The van der Waals surface area contributed by atoms with Gasteiger partial charge >= 0.3 is 6.09 Å². The van der Waals surface area contributed by atoms with Gasteiger partial charge in [-0.15, -0.1) is 0 Å². The van der Waals surface area contributed by atoms with Crippen molar-refractivity contribution in [3.8, 4) is 5.75 Å². The molecular weight excluding hydrogens is 316 g/mol. The summed E-state index contributed by atoms with van der Waals surface area (Å²) in [5.41, 5.74) is 3.19. The second kappa shape index (κ2) is 7.21. The molecule has 5 nitrogen and oxygen atoms in total. The molecule has 3 rings (SSSR count). The number of carbonyl (C=O) groups is 1. The van der Waals surface area contributed by atoms with Crippen molar-refractivity contribution in [1.29, 1.82) is 0 Å². The minimum Gasteiger partial charge on any atom is -0.496 e. The highest BCUT2D eigenvalue weighted by atomic mass is 16.5. The second-order valence-corrected chi connectivity index (χ2v) is 5.81. The van der Waals surface area contributed by atoms with Crippen LogP contribution in [0.5, 0.6) is 5.75 Å². The minimum absolute atomic E-state index is 0.0852. The van der Waals surface area contributed by atoms with Crippen LogP contribution in [0.3, 0.4) is 0 Å². The first-order valence-corrected chi connectivity index (χ1v) is 8.00. The molecule has 0 fully saturated rings. The summed E-state index contributed by atoms with van der Waals surface area (Å²) in [6.45, 7) is 3.91. The Morgan fingerprint density at radius 3 is 2.64 bits per heavy atom. The van der Waals surface area contributed by atoms with Crippen molar-refractivity contribution < 1.29 is 14.3 Å². The third kappa shape index (κ3) is 3.71. The lowest BCUT2D eigenvalue weighted by Crippen LogP contribution is -2.14. The molecule has 0 saturated carbocycles. The number of amides is 1. The van der Waals surface area contributed by atoms with Gasteiger partial charge in [-0.1, -0.05) is 30.3 Å². The molecule has 0 unspecified atom stereocenters. The van der Waals surface area contributed by atoms with Crippen molar-refractivity contribution in [2.75, 3.05) is 12.4 Å².